The van der Waals surface area contributed by atoms with Crippen LogP contribution < -0.4 is 5.73 Å². The number of hydrogen-bond donors (Lipinski definition) is 1. The van der Waals surface area contributed by atoms with Gasteiger partial charge in [0.15, 0.2) is 9.84 Å². The Kier molecular flexibility index (Phi) is 4.34. The second-order valence-electron chi connectivity index (χ2n) is 4.41. The van der Waals surface area contributed by atoms with E-state index in [9.17, 15) is 13.2 Å². The van der Waals surface area contributed by atoms with Crippen LogP contribution in [-0.2, 0) is 14.6 Å². The lowest BCUT2D eigenvalue weighted by molar-refractivity contribution is 0.0529. The van der Waals surface area contributed by atoms with Gasteiger partial charge in [0.1, 0.15) is 10.6 Å². The molecule has 0 saturated heterocycles. The molecule has 0 bridgehead atoms. The Balaban J connectivity index is 2.46. The molecule has 5 nitrogen and oxygen atoms in total. The van der Waals surface area contributed by atoms with E-state index in [4.69, 9.17) is 10.5 Å². The van der Waals surface area contributed by atoms with Crippen molar-refractivity contribution in [1.29, 1.82) is 0 Å². The summed E-state index contributed by atoms with van der Waals surface area (Å²) < 4.78 is 27.9. The van der Waals surface area contributed by atoms with Crippen LogP contribution in [0.15, 0.2) is 34.5 Å². The molecule has 2 rings (SSSR count). The molecule has 2 N–H and O–H groups in total. The lowest BCUT2D eigenvalue weighted by atomic mass is 10.0. The molecule has 0 atom stereocenters. The van der Waals surface area contributed by atoms with E-state index >= 15 is 0 Å². The Morgan fingerprint density at radius 2 is 1.90 bits per heavy atom. The van der Waals surface area contributed by atoms with E-state index in [-0.39, 0.29) is 11.5 Å². The molecule has 0 aliphatic carbocycles. The number of ether oxygens (including phenoxy) is 1. The maximum absolute atomic E-state index is 12.0. The van der Waals surface area contributed by atoms with Crippen LogP contribution in [0, 0.1) is 0 Å². The van der Waals surface area contributed by atoms with Crippen LogP contribution >= 0.6 is 11.3 Å². The largest absolute Gasteiger partial charge is 0.462 e. The molecule has 7 heteroatoms. The second kappa shape index (κ2) is 5.87. The molecule has 1 heterocycles. The zero-order valence-corrected chi connectivity index (χ0v) is 13.3. The number of benzene rings is 1. The summed E-state index contributed by atoms with van der Waals surface area (Å²) in [4.78, 5) is 12.2. The van der Waals surface area contributed by atoms with E-state index in [1.165, 1.54) is 23.5 Å². The number of nitrogen functional groups attached to an aromatic ring is 1. The van der Waals surface area contributed by atoms with Crippen LogP contribution in [0.25, 0.3) is 11.1 Å². The van der Waals surface area contributed by atoms with Gasteiger partial charge in [-0.05, 0) is 24.6 Å². The fraction of sp³-hybridized carbons (Fsp3) is 0.214. The molecule has 2 aromatic rings. The normalized spacial score (nSPS) is 11.3. The summed E-state index contributed by atoms with van der Waals surface area (Å²) in [5, 5.41) is 2.15. The highest BCUT2D eigenvalue weighted by Gasteiger charge is 2.20. The van der Waals surface area contributed by atoms with Gasteiger partial charge < -0.3 is 10.5 Å². The molecule has 0 saturated carbocycles. The molecular weight excluding hydrogens is 310 g/mol. The SMILES string of the molecule is CCOC(=O)c1c(-c2ccc(S(C)(=O)=O)cc2)csc1N. The predicted octanol–water partition coefficient (Wildman–Crippen LogP) is 2.58. The number of carbonyl (C=O) groups is 1. The van der Waals surface area contributed by atoms with Gasteiger partial charge >= 0.3 is 5.97 Å². The van der Waals surface area contributed by atoms with Crippen LogP contribution in [0.3, 0.4) is 0 Å². The highest BCUT2D eigenvalue weighted by Crippen LogP contribution is 2.34. The minimum atomic E-state index is -3.25. The van der Waals surface area contributed by atoms with Crippen molar-refractivity contribution < 1.29 is 17.9 Å². The van der Waals surface area contributed by atoms with Gasteiger partial charge in [-0.15, -0.1) is 11.3 Å². The minimum absolute atomic E-state index is 0.229. The van der Waals surface area contributed by atoms with E-state index in [0.29, 0.717) is 16.1 Å². The highest BCUT2D eigenvalue weighted by molar-refractivity contribution is 7.90. The van der Waals surface area contributed by atoms with Crippen molar-refractivity contribution in [3.63, 3.8) is 0 Å². The molecule has 1 aromatic heterocycles. The summed E-state index contributed by atoms with van der Waals surface area (Å²) in [5.74, 6) is -0.474. The summed E-state index contributed by atoms with van der Waals surface area (Å²) in [5.41, 5.74) is 7.53. The zero-order chi connectivity index (χ0) is 15.6. The monoisotopic (exact) mass is 325 g/mol. The molecule has 0 fully saturated rings. The minimum Gasteiger partial charge on any atom is -0.462 e. The van der Waals surface area contributed by atoms with Crippen LogP contribution in [0.5, 0.6) is 0 Å². The number of sulfone groups is 1. The molecule has 0 aliphatic heterocycles. The van der Waals surface area contributed by atoms with Crippen LogP contribution in [0.2, 0.25) is 0 Å². The van der Waals surface area contributed by atoms with Crippen molar-refractivity contribution in [2.45, 2.75) is 11.8 Å². The third kappa shape index (κ3) is 3.25. The number of nitrogens with two attached hydrogens (primary N) is 1. The van der Waals surface area contributed by atoms with Gasteiger partial charge in [0, 0.05) is 17.2 Å². The number of thiophene rings is 1. The Hall–Kier alpha value is -1.86. The number of hydrogen-bond acceptors (Lipinski definition) is 6. The molecule has 21 heavy (non-hydrogen) atoms. The van der Waals surface area contributed by atoms with Crippen molar-refractivity contribution >= 4 is 32.1 Å². The van der Waals surface area contributed by atoms with E-state index < -0.39 is 15.8 Å². The average molecular weight is 325 g/mol. The number of anilines is 1. The van der Waals surface area contributed by atoms with Gasteiger partial charge in [0.2, 0.25) is 0 Å². The van der Waals surface area contributed by atoms with Crippen LogP contribution in [0.4, 0.5) is 5.00 Å². The van der Waals surface area contributed by atoms with Crippen molar-refractivity contribution in [3.8, 4) is 11.1 Å². The van der Waals surface area contributed by atoms with Crippen molar-refractivity contribution in [1.82, 2.24) is 0 Å². The first-order valence-electron chi connectivity index (χ1n) is 6.19. The van der Waals surface area contributed by atoms with E-state index in [1.54, 1.807) is 24.4 Å². The van der Waals surface area contributed by atoms with E-state index in [1.807, 2.05) is 0 Å². The molecule has 112 valence electrons. The van der Waals surface area contributed by atoms with E-state index in [0.717, 1.165) is 11.8 Å². The average Bonchev–Trinajstić information content (AvgIpc) is 2.80. The van der Waals surface area contributed by atoms with Gasteiger partial charge in [-0.25, -0.2) is 13.2 Å². The third-order valence-electron chi connectivity index (χ3n) is 2.89. The second-order valence-corrected chi connectivity index (χ2v) is 7.33. The predicted molar refractivity (Wildman–Crippen MR) is 83.2 cm³/mol. The summed E-state index contributed by atoms with van der Waals surface area (Å²) in [7, 11) is -3.25. The summed E-state index contributed by atoms with van der Waals surface area (Å²) in [6.07, 6.45) is 1.15. The Morgan fingerprint density at radius 3 is 2.43 bits per heavy atom. The molecule has 0 radical (unpaired) electrons. The summed E-state index contributed by atoms with van der Waals surface area (Å²) in [6, 6.07) is 6.32. The number of carbonyl (C=O) groups excluding carboxylic acids is 1. The molecule has 0 unspecified atom stereocenters. The Labute approximate surface area is 127 Å². The van der Waals surface area contributed by atoms with Gasteiger partial charge in [-0.2, -0.15) is 0 Å². The van der Waals surface area contributed by atoms with Gasteiger partial charge in [0.25, 0.3) is 0 Å². The lowest BCUT2D eigenvalue weighted by Crippen LogP contribution is -2.07. The van der Waals surface area contributed by atoms with E-state index in [2.05, 4.69) is 0 Å². The fourth-order valence-electron chi connectivity index (χ4n) is 1.88. The smallest absolute Gasteiger partial charge is 0.341 e. The van der Waals surface area contributed by atoms with Gasteiger partial charge in [0.05, 0.1) is 11.5 Å². The maximum Gasteiger partial charge on any atom is 0.341 e. The first-order valence-corrected chi connectivity index (χ1v) is 8.96. The number of rotatable bonds is 4. The van der Waals surface area contributed by atoms with Crippen LogP contribution in [0.1, 0.15) is 17.3 Å². The molecule has 1 aromatic carbocycles. The zero-order valence-electron chi connectivity index (χ0n) is 11.6. The summed E-state index contributed by atoms with van der Waals surface area (Å²) in [6.45, 7) is 1.99. The number of esters is 1. The van der Waals surface area contributed by atoms with Gasteiger partial charge in [-0.3, -0.25) is 0 Å². The van der Waals surface area contributed by atoms with Crippen LogP contribution in [-0.4, -0.2) is 27.2 Å². The Morgan fingerprint density at radius 1 is 1.29 bits per heavy atom. The fourth-order valence-corrected chi connectivity index (χ4v) is 3.32. The first kappa shape index (κ1) is 15.5. The van der Waals surface area contributed by atoms with Crippen molar-refractivity contribution in [2.75, 3.05) is 18.6 Å². The molecular formula is C14H15NO4S2. The molecule has 0 aliphatic rings. The van der Waals surface area contributed by atoms with Crippen molar-refractivity contribution in [3.05, 3.63) is 35.2 Å². The first-order chi connectivity index (χ1) is 9.84. The third-order valence-corrected chi connectivity index (χ3v) is 4.83. The molecule has 0 spiro atoms. The van der Waals surface area contributed by atoms with Crippen molar-refractivity contribution in [2.24, 2.45) is 0 Å². The van der Waals surface area contributed by atoms with Gasteiger partial charge in [-0.1, -0.05) is 12.1 Å². The standard InChI is InChI=1S/C14H15NO4S2/c1-3-19-14(16)12-11(8-20-13(12)15)9-4-6-10(7-5-9)21(2,17)18/h4-8H,3,15H2,1-2H3. The lowest BCUT2D eigenvalue weighted by Gasteiger charge is -2.06. The highest BCUT2D eigenvalue weighted by atomic mass is 32.2. The maximum atomic E-state index is 12.0. The summed E-state index contributed by atoms with van der Waals surface area (Å²) >= 11 is 1.25. The Bertz CT molecular complexity index is 761. The topological polar surface area (TPSA) is 86.5 Å². The molecule has 0 amide bonds. The quantitative estimate of drug-likeness (QED) is 0.873.